The maximum absolute atomic E-state index is 12.8. The van der Waals surface area contributed by atoms with Crippen molar-refractivity contribution in [3.63, 3.8) is 0 Å². The lowest BCUT2D eigenvalue weighted by Gasteiger charge is -2.30. The summed E-state index contributed by atoms with van der Waals surface area (Å²) in [5.41, 5.74) is 2.29. The van der Waals surface area contributed by atoms with Crippen LogP contribution in [-0.4, -0.2) is 38.5 Å². The van der Waals surface area contributed by atoms with E-state index in [-0.39, 0.29) is 41.8 Å². The maximum Gasteiger partial charge on any atom is 0.246 e. The Morgan fingerprint density at radius 2 is 2.00 bits per heavy atom. The number of guanidine groups is 1. The zero-order valence-electron chi connectivity index (χ0n) is 16.7. The highest BCUT2D eigenvalue weighted by Gasteiger charge is 2.24. The highest BCUT2D eigenvalue weighted by atomic mass is 127. The van der Waals surface area contributed by atoms with E-state index in [1.54, 1.807) is 18.4 Å². The van der Waals surface area contributed by atoms with Crippen LogP contribution >= 0.6 is 35.3 Å². The van der Waals surface area contributed by atoms with Gasteiger partial charge in [0.1, 0.15) is 0 Å². The van der Waals surface area contributed by atoms with Crippen LogP contribution in [0.25, 0.3) is 0 Å². The molecule has 1 aromatic heterocycles. The molecular formula is C21H29IN4OS. The van der Waals surface area contributed by atoms with Crippen LogP contribution < -0.4 is 15.5 Å². The first-order valence-corrected chi connectivity index (χ1v) is 10.3. The number of fused-ring (bicyclic) bond motifs is 1. The molecule has 0 radical (unpaired) electrons. The van der Waals surface area contributed by atoms with Gasteiger partial charge in [0, 0.05) is 36.1 Å². The lowest BCUT2D eigenvalue weighted by Crippen LogP contribution is -2.48. The van der Waals surface area contributed by atoms with Gasteiger partial charge in [-0.2, -0.15) is 0 Å². The number of hydrogen-bond acceptors (Lipinski definition) is 3. The summed E-state index contributed by atoms with van der Waals surface area (Å²) in [7, 11) is 1.73. The molecule has 0 fully saturated rings. The number of aliphatic imine (C=N–C) groups is 1. The van der Waals surface area contributed by atoms with Crippen molar-refractivity contribution in [3.05, 3.63) is 52.2 Å². The second-order valence-electron chi connectivity index (χ2n) is 7.42. The average molecular weight is 512 g/mol. The largest absolute Gasteiger partial charge is 0.356 e. The van der Waals surface area contributed by atoms with E-state index in [9.17, 15) is 4.79 Å². The number of halogens is 1. The number of carbonyl (C=O) groups is 1. The van der Waals surface area contributed by atoms with Crippen molar-refractivity contribution in [3.8, 4) is 0 Å². The molecule has 1 amide bonds. The zero-order valence-corrected chi connectivity index (χ0v) is 19.8. The van der Waals surface area contributed by atoms with Gasteiger partial charge >= 0.3 is 0 Å². The van der Waals surface area contributed by atoms with Gasteiger partial charge in [-0.1, -0.05) is 38.1 Å². The van der Waals surface area contributed by atoms with E-state index in [1.165, 1.54) is 10.4 Å². The summed E-state index contributed by atoms with van der Waals surface area (Å²) in [6.07, 6.45) is 2.04. The molecule has 2 heterocycles. The smallest absolute Gasteiger partial charge is 0.246 e. The van der Waals surface area contributed by atoms with Crippen LogP contribution in [0.5, 0.6) is 0 Å². The molecule has 1 aromatic carbocycles. The Labute approximate surface area is 188 Å². The number of aryl methyl sites for hydroxylation is 1. The standard InChI is InChI=1S/C21H28N4OS.HI/c1-21(2,18-11-7-13-27-18)15-24-20(22-3)23-14-19(26)25-12-6-9-16-8-4-5-10-17(16)25;/h4-5,7-8,10-11,13H,6,9,12,14-15H2,1-3H3,(H2,22,23,24);1H. The summed E-state index contributed by atoms with van der Waals surface area (Å²) in [5, 5.41) is 8.61. The number of rotatable bonds is 5. The number of para-hydroxylation sites is 1. The van der Waals surface area contributed by atoms with Crippen LogP contribution in [0, 0.1) is 0 Å². The number of benzene rings is 1. The first-order valence-electron chi connectivity index (χ1n) is 9.38. The molecule has 2 aromatic rings. The van der Waals surface area contributed by atoms with Crippen molar-refractivity contribution in [2.75, 3.05) is 31.6 Å². The molecule has 2 N–H and O–H groups in total. The molecule has 7 heteroatoms. The maximum atomic E-state index is 12.8. The molecule has 0 unspecified atom stereocenters. The Hall–Kier alpha value is -1.61. The topological polar surface area (TPSA) is 56.7 Å². The third kappa shape index (κ3) is 5.47. The molecule has 0 atom stereocenters. The Morgan fingerprint density at radius 3 is 2.71 bits per heavy atom. The highest BCUT2D eigenvalue weighted by molar-refractivity contribution is 14.0. The molecule has 1 aliphatic heterocycles. The minimum absolute atomic E-state index is 0. The molecule has 0 bridgehead atoms. The molecule has 0 spiro atoms. The summed E-state index contributed by atoms with van der Waals surface area (Å²) in [6.45, 7) is 6.15. The minimum Gasteiger partial charge on any atom is -0.356 e. The quantitative estimate of drug-likeness (QED) is 0.364. The van der Waals surface area contributed by atoms with Gasteiger partial charge in [0.15, 0.2) is 5.96 Å². The number of hydrogen-bond donors (Lipinski definition) is 2. The van der Waals surface area contributed by atoms with E-state index in [0.717, 1.165) is 31.6 Å². The second-order valence-corrected chi connectivity index (χ2v) is 8.37. The van der Waals surface area contributed by atoms with Crippen LogP contribution in [0.15, 0.2) is 46.8 Å². The Kier molecular flexibility index (Phi) is 8.30. The van der Waals surface area contributed by atoms with E-state index >= 15 is 0 Å². The van der Waals surface area contributed by atoms with Crippen LogP contribution in [0.1, 0.15) is 30.7 Å². The number of nitrogens with one attached hydrogen (secondary N) is 2. The fraction of sp³-hybridized carbons (Fsp3) is 0.429. The van der Waals surface area contributed by atoms with E-state index < -0.39 is 0 Å². The van der Waals surface area contributed by atoms with E-state index in [2.05, 4.69) is 53.1 Å². The van der Waals surface area contributed by atoms with Crippen molar-refractivity contribution < 1.29 is 4.79 Å². The number of amides is 1. The molecular weight excluding hydrogens is 483 g/mol. The van der Waals surface area contributed by atoms with Gasteiger partial charge in [-0.25, -0.2) is 0 Å². The second kappa shape index (κ2) is 10.2. The highest BCUT2D eigenvalue weighted by Crippen LogP contribution is 2.27. The average Bonchev–Trinajstić information content (AvgIpc) is 3.23. The molecule has 0 saturated heterocycles. The summed E-state index contributed by atoms with van der Waals surface area (Å²) >= 11 is 1.76. The fourth-order valence-electron chi connectivity index (χ4n) is 3.32. The van der Waals surface area contributed by atoms with Gasteiger partial charge in [-0.15, -0.1) is 35.3 Å². The van der Waals surface area contributed by atoms with Crippen molar-refractivity contribution in [1.82, 2.24) is 10.6 Å². The van der Waals surface area contributed by atoms with Crippen LogP contribution in [-0.2, 0) is 16.6 Å². The third-order valence-electron chi connectivity index (χ3n) is 4.93. The molecule has 1 aliphatic rings. The number of carbonyl (C=O) groups excluding carboxylic acids is 1. The van der Waals surface area contributed by atoms with Crippen LogP contribution in [0.4, 0.5) is 5.69 Å². The van der Waals surface area contributed by atoms with Crippen molar-refractivity contribution in [2.24, 2.45) is 4.99 Å². The summed E-state index contributed by atoms with van der Waals surface area (Å²) in [5.74, 6) is 0.723. The van der Waals surface area contributed by atoms with Crippen LogP contribution in [0.3, 0.4) is 0 Å². The predicted octanol–water partition coefficient (Wildman–Crippen LogP) is 3.79. The molecule has 152 valence electrons. The first-order chi connectivity index (χ1) is 13.0. The number of anilines is 1. The molecule has 0 saturated carbocycles. The molecule has 5 nitrogen and oxygen atoms in total. The predicted molar refractivity (Wildman–Crippen MR) is 129 cm³/mol. The lowest BCUT2D eigenvalue weighted by atomic mass is 9.91. The van der Waals surface area contributed by atoms with Gasteiger partial charge in [-0.3, -0.25) is 9.79 Å². The molecule has 28 heavy (non-hydrogen) atoms. The zero-order chi connectivity index (χ0) is 19.3. The summed E-state index contributed by atoms with van der Waals surface area (Å²) < 4.78 is 0. The van der Waals surface area contributed by atoms with Crippen molar-refractivity contribution >= 4 is 52.9 Å². The van der Waals surface area contributed by atoms with Crippen molar-refractivity contribution in [2.45, 2.75) is 32.1 Å². The van der Waals surface area contributed by atoms with E-state index in [4.69, 9.17) is 0 Å². The van der Waals surface area contributed by atoms with E-state index in [0.29, 0.717) is 5.96 Å². The monoisotopic (exact) mass is 512 g/mol. The SMILES string of the molecule is CN=C(NCC(=O)N1CCCc2ccccc21)NCC(C)(C)c1cccs1.I. The van der Waals surface area contributed by atoms with Gasteiger partial charge < -0.3 is 15.5 Å². The Morgan fingerprint density at radius 1 is 1.21 bits per heavy atom. The van der Waals surface area contributed by atoms with Crippen LogP contribution in [0.2, 0.25) is 0 Å². The lowest BCUT2D eigenvalue weighted by molar-refractivity contribution is -0.117. The Bertz CT molecular complexity index is 804. The van der Waals surface area contributed by atoms with E-state index in [1.807, 2.05) is 23.1 Å². The third-order valence-corrected chi connectivity index (χ3v) is 6.16. The van der Waals surface area contributed by atoms with Gasteiger partial charge in [0.05, 0.1) is 6.54 Å². The first kappa shape index (κ1) is 22.7. The normalized spacial score (nSPS) is 14.1. The van der Waals surface area contributed by atoms with Gasteiger partial charge in [-0.05, 0) is 35.9 Å². The molecule has 0 aliphatic carbocycles. The molecule has 3 rings (SSSR count). The van der Waals surface area contributed by atoms with Crippen molar-refractivity contribution in [1.29, 1.82) is 0 Å². The van der Waals surface area contributed by atoms with Gasteiger partial charge in [0.2, 0.25) is 5.91 Å². The Balaban J connectivity index is 0.00000280. The van der Waals surface area contributed by atoms with Gasteiger partial charge in [0.25, 0.3) is 0 Å². The summed E-state index contributed by atoms with van der Waals surface area (Å²) in [6, 6.07) is 12.4. The minimum atomic E-state index is 0. The summed E-state index contributed by atoms with van der Waals surface area (Å²) in [4.78, 5) is 20.2. The number of nitrogens with zero attached hydrogens (tertiary/aromatic N) is 2. The number of thiophene rings is 1. The fourth-order valence-corrected chi connectivity index (χ4v) is 4.18.